The van der Waals surface area contributed by atoms with Gasteiger partial charge in [0.05, 0.1) is 6.54 Å². The fourth-order valence-electron chi connectivity index (χ4n) is 5.64. The quantitative estimate of drug-likeness (QED) is 0.824. The van der Waals surface area contributed by atoms with E-state index in [0.29, 0.717) is 18.5 Å². The van der Waals surface area contributed by atoms with Gasteiger partial charge in [0, 0.05) is 19.1 Å². The summed E-state index contributed by atoms with van der Waals surface area (Å²) in [5.41, 5.74) is 0. The molecule has 1 heterocycles. The largest absolute Gasteiger partial charge is 0.340 e. The number of hydrogen-bond acceptors (Lipinski definition) is 2. The normalized spacial score (nSPS) is 48.9. The smallest absolute Gasteiger partial charge is 0.236 e. The predicted octanol–water partition coefficient (Wildman–Crippen LogP) is 1.88. The van der Waals surface area contributed by atoms with Gasteiger partial charge in [-0.15, -0.1) is 0 Å². The molecule has 1 amide bonds. The molecule has 0 aromatic heterocycles. The van der Waals surface area contributed by atoms with Crippen LogP contribution in [0, 0.1) is 29.6 Å². The van der Waals surface area contributed by atoms with Crippen LogP contribution in [0.2, 0.25) is 0 Å². The van der Waals surface area contributed by atoms with Crippen molar-refractivity contribution in [2.45, 2.75) is 45.1 Å². The van der Waals surface area contributed by atoms with Crippen LogP contribution >= 0.6 is 0 Å². The molecule has 5 fully saturated rings. The standard InChI is InChI=1S/C16H26N2O/c1-10-8-18(16(19)7-17-10)9-15-13-3-11-2-12(5-13)6-14(15)4-11/h10-15,17H,2-9H2,1H3. The minimum absolute atomic E-state index is 0.326. The molecule has 1 saturated heterocycles. The first kappa shape index (κ1) is 12.2. The van der Waals surface area contributed by atoms with E-state index in [1.54, 1.807) is 0 Å². The average molecular weight is 262 g/mol. The lowest BCUT2D eigenvalue weighted by Crippen LogP contribution is -2.56. The lowest BCUT2D eigenvalue weighted by molar-refractivity contribution is -0.136. The molecule has 5 aliphatic rings. The first-order chi connectivity index (χ1) is 9.19. The van der Waals surface area contributed by atoms with E-state index in [2.05, 4.69) is 17.1 Å². The average Bonchev–Trinajstić information content (AvgIpc) is 2.37. The summed E-state index contributed by atoms with van der Waals surface area (Å²) in [7, 11) is 0. The molecule has 3 nitrogen and oxygen atoms in total. The summed E-state index contributed by atoms with van der Waals surface area (Å²) in [6.45, 7) is 4.71. The minimum atomic E-state index is 0.326. The summed E-state index contributed by atoms with van der Waals surface area (Å²) in [5.74, 6) is 5.10. The second-order valence-corrected chi connectivity index (χ2v) is 7.68. The molecule has 4 aliphatic carbocycles. The van der Waals surface area contributed by atoms with Gasteiger partial charge in [0.15, 0.2) is 0 Å². The summed E-state index contributed by atoms with van der Waals surface area (Å²) in [5, 5.41) is 3.27. The van der Waals surface area contributed by atoms with Crippen LogP contribution in [0.5, 0.6) is 0 Å². The maximum atomic E-state index is 12.1. The Balaban J connectivity index is 1.46. The van der Waals surface area contributed by atoms with Crippen molar-refractivity contribution in [3.8, 4) is 0 Å². The van der Waals surface area contributed by atoms with E-state index in [1.807, 2.05) is 0 Å². The Hall–Kier alpha value is -0.570. The number of piperazine rings is 1. The van der Waals surface area contributed by atoms with Crippen LogP contribution in [-0.2, 0) is 4.79 Å². The molecule has 4 saturated carbocycles. The topological polar surface area (TPSA) is 32.3 Å². The number of nitrogens with zero attached hydrogens (tertiary/aromatic N) is 1. The van der Waals surface area contributed by atoms with Crippen LogP contribution in [0.15, 0.2) is 0 Å². The van der Waals surface area contributed by atoms with Crippen LogP contribution in [0.25, 0.3) is 0 Å². The molecular weight excluding hydrogens is 236 g/mol. The van der Waals surface area contributed by atoms with Gasteiger partial charge in [-0.05, 0) is 68.6 Å². The molecule has 4 bridgehead atoms. The second kappa shape index (κ2) is 4.47. The zero-order valence-corrected chi connectivity index (χ0v) is 12.0. The molecule has 19 heavy (non-hydrogen) atoms. The molecule has 1 unspecified atom stereocenters. The fourth-order valence-corrected chi connectivity index (χ4v) is 5.64. The Kier molecular flexibility index (Phi) is 2.87. The Morgan fingerprint density at radius 2 is 1.74 bits per heavy atom. The number of nitrogens with one attached hydrogen (secondary N) is 1. The van der Waals surface area contributed by atoms with Gasteiger partial charge >= 0.3 is 0 Å². The first-order valence-corrected chi connectivity index (χ1v) is 8.20. The number of amides is 1. The molecule has 1 N–H and O–H groups in total. The van der Waals surface area contributed by atoms with Crippen LogP contribution in [0.1, 0.15) is 39.0 Å². The Morgan fingerprint density at radius 1 is 1.11 bits per heavy atom. The number of hydrogen-bond donors (Lipinski definition) is 1. The van der Waals surface area contributed by atoms with Crippen molar-refractivity contribution in [2.24, 2.45) is 29.6 Å². The highest BCUT2D eigenvalue weighted by atomic mass is 16.2. The van der Waals surface area contributed by atoms with Crippen molar-refractivity contribution in [3.05, 3.63) is 0 Å². The first-order valence-electron chi connectivity index (χ1n) is 8.20. The molecule has 0 aromatic rings. The van der Waals surface area contributed by atoms with E-state index >= 15 is 0 Å². The summed E-state index contributed by atoms with van der Waals surface area (Å²) in [6, 6.07) is 0.467. The molecule has 1 atom stereocenters. The van der Waals surface area contributed by atoms with Gasteiger partial charge in [-0.2, -0.15) is 0 Å². The molecule has 0 spiro atoms. The minimum Gasteiger partial charge on any atom is -0.340 e. The van der Waals surface area contributed by atoms with Gasteiger partial charge in [0.2, 0.25) is 5.91 Å². The molecule has 5 rings (SSSR count). The Bertz CT molecular complexity index is 353. The highest BCUT2D eigenvalue weighted by Crippen LogP contribution is 2.56. The van der Waals surface area contributed by atoms with Crippen molar-refractivity contribution in [1.82, 2.24) is 10.2 Å². The van der Waals surface area contributed by atoms with Crippen molar-refractivity contribution in [2.75, 3.05) is 19.6 Å². The van der Waals surface area contributed by atoms with Crippen molar-refractivity contribution in [1.29, 1.82) is 0 Å². The lowest BCUT2D eigenvalue weighted by atomic mass is 9.52. The van der Waals surface area contributed by atoms with Crippen LogP contribution in [0.3, 0.4) is 0 Å². The third-order valence-corrected chi connectivity index (χ3v) is 6.30. The van der Waals surface area contributed by atoms with E-state index in [9.17, 15) is 4.79 Å². The summed E-state index contributed by atoms with van der Waals surface area (Å²) in [6.07, 6.45) is 7.38. The zero-order chi connectivity index (χ0) is 13.0. The van der Waals surface area contributed by atoms with Crippen LogP contribution in [0.4, 0.5) is 0 Å². The molecule has 3 heteroatoms. The lowest BCUT2D eigenvalue weighted by Gasteiger charge is -2.55. The fraction of sp³-hybridized carbons (Fsp3) is 0.938. The van der Waals surface area contributed by atoms with Crippen molar-refractivity contribution < 1.29 is 4.79 Å². The molecule has 106 valence electrons. The highest BCUT2D eigenvalue weighted by Gasteiger charge is 2.48. The Morgan fingerprint density at radius 3 is 2.37 bits per heavy atom. The van der Waals surface area contributed by atoms with Crippen molar-refractivity contribution in [3.63, 3.8) is 0 Å². The van der Waals surface area contributed by atoms with Gasteiger partial charge < -0.3 is 10.2 Å². The predicted molar refractivity (Wildman–Crippen MR) is 74.6 cm³/mol. The van der Waals surface area contributed by atoms with E-state index < -0.39 is 0 Å². The summed E-state index contributed by atoms with van der Waals surface area (Å²) in [4.78, 5) is 14.2. The number of carbonyl (C=O) groups excluding carboxylic acids is 1. The van der Waals surface area contributed by atoms with E-state index in [0.717, 1.165) is 42.7 Å². The number of carbonyl (C=O) groups is 1. The maximum absolute atomic E-state index is 12.1. The van der Waals surface area contributed by atoms with Gasteiger partial charge in [0.1, 0.15) is 0 Å². The van der Waals surface area contributed by atoms with Gasteiger partial charge in [0.25, 0.3) is 0 Å². The number of rotatable bonds is 2. The monoisotopic (exact) mass is 262 g/mol. The molecular formula is C16H26N2O. The van der Waals surface area contributed by atoms with Crippen LogP contribution in [-0.4, -0.2) is 36.5 Å². The second-order valence-electron chi connectivity index (χ2n) is 7.68. The maximum Gasteiger partial charge on any atom is 0.236 e. The van der Waals surface area contributed by atoms with E-state index in [4.69, 9.17) is 0 Å². The zero-order valence-electron chi connectivity index (χ0n) is 12.0. The summed E-state index contributed by atoms with van der Waals surface area (Å²) < 4.78 is 0. The third kappa shape index (κ3) is 2.10. The molecule has 0 radical (unpaired) electrons. The van der Waals surface area contributed by atoms with Crippen molar-refractivity contribution >= 4 is 5.91 Å². The summed E-state index contributed by atoms with van der Waals surface area (Å²) >= 11 is 0. The van der Waals surface area contributed by atoms with E-state index in [1.165, 1.54) is 32.1 Å². The molecule has 0 aromatic carbocycles. The third-order valence-electron chi connectivity index (χ3n) is 6.30. The highest BCUT2D eigenvalue weighted by molar-refractivity contribution is 5.79. The van der Waals surface area contributed by atoms with Gasteiger partial charge in [-0.25, -0.2) is 0 Å². The van der Waals surface area contributed by atoms with E-state index in [-0.39, 0.29) is 0 Å². The van der Waals surface area contributed by atoms with Gasteiger partial charge in [-0.3, -0.25) is 4.79 Å². The van der Waals surface area contributed by atoms with Crippen LogP contribution < -0.4 is 5.32 Å². The molecule has 1 aliphatic heterocycles. The van der Waals surface area contributed by atoms with Gasteiger partial charge in [-0.1, -0.05) is 0 Å². The Labute approximate surface area is 116 Å². The SMILES string of the molecule is CC1CN(CC2C3CC4CC(C3)CC2C4)C(=O)CN1.